The normalized spacial score (nSPS) is 38.9. The van der Waals surface area contributed by atoms with Gasteiger partial charge in [-0.15, -0.1) is 0 Å². The highest BCUT2D eigenvalue weighted by atomic mass is 16.6. The molecule has 2 spiro atoms. The zero-order valence-electron chi connectivity index (χ0n) is 25.5. The van der Waals surface area contributed by atoms with Gasteiger partial charge < -0.3 is 24.1 Å². The number of aliphatic hydroxyl groups is 1. The lowest BCUT2D eigenvalue weighted by atomic mass is 9.33. The summed E-state index contributed by atoms with van der Waals surface area (Å²) >= 11 is 0. The van der Waals surface area contributed by atoms with Crippen LogP contribution in [0.15, 0.2) is 12.1 Å². The fourth-order valence-corrected chi connectivity index (χ4v) is 10.2. The molecule has 0 aromatic heterocycles. The molecular formula is C34H49NO5. The van der Waals surface area contributed by atoms with Gasteiger partial charge in [-0.1, -0.05) is 26.8 Å². The van der Waals surface area contributed by atoms with Gasteiger partial charge in [-0.25, -0.2) is 0 Å². The number of hydrogen-bond donors (Lipinski definition) is 1. The first-order valence-electron chi connectivity index (χ1n) is 15.9. The molecule has 4 saturated carbocycles. The molecule has 7 aliphatic rings. The maximum absolute atomic E-state index is 12.4. The molecule has 40 heavy (non-hydrogen) atoms. The van der Waals surface area contributed by atoms with Crippen molar-refractivity contribution < 1.29 is 24.1 Å². The zero-order chi connectivity index (χ0) is 28.3. The second-order valence-electron chi connectivity index (χ2n) is 15.4. The first-order chi connectivity index (χ1) is 18.9. The van der Waals surface area contributed by atoms with Gasteiger partial charge in [0.15, 0.2) is 11.5 Å². The Hall–Kier alpha value is -1.63. The lowest BCUT2D eigenvalue weighted by Crippen LogP contribution is -2.83. The number of piperidine rings is 1. The fraction of sp³-hybridized carbons (Fsp3) is 0.794. The SMILES string of the molecule is CO[C@]12CC[C@@]3(C[C@@H]1[C@](C)(O)C(C)(C)C)[C@H]1Cc4ccc(OCCCC(C)=O)c5c4[C@@]3(CCN1CC1CC1)[C@H]2O5. The standard InChI is InChI=1S/C34H49NO5/c1-21(36)8-7-17-39-24-12-11-23-18-26-32-13-14-34(38-6,25(19-32)31(5,37)30(2,3)4)29-33(32,27(23)28(24)40-29)15-16-35(26)20-22-9-10-22/h11-12,22,25-26,29,37H,7-10,13-20H2,1-6H3/t25-,26-,29-,31+,32-,33+,34-/m1/s1. The number of carbonyl (C=O) groups is 1. The number of rotatable bonds is 9. The van der Waals surface area contributed by atoms with E-state index in [0.717, 1.165) is 56.1 Å². The van der Waals surface area contributed by atoms with E-state index in [2.05, 4.69) is 44.7 Å². The number of benzene rings is 1. The van der Waals surface area contributed by atoms with Crippen LogP contribution in [0.3, 0.4) is 0 Å². The molecule has 5 fully saturated rings. The number of likely N-dealkylation sites (tertiary alicyclic amines) is 1. The van der Waals surface area contributed by atoms with Crippen LogP contribution < -0.4 is 9.47 Å². The lowest BCUT2D eigenvalue weighted by Gasteiger charge is -2.75. The largest absolute Gasteiger partial charge is 0.490 e. The highest BCUT2D eigenvalue weighted by Crippen LogP contribution is 2.78. The van der Waals surface area contributed by atoms with Crippen molar-refractivity contribution in [2.75, 3.05) is 26.8 Å². The number of methoxy groups -OCH3 is 1. The van der Waals surface area contributed by atoms with E-state index in [1.807, 2.05) is 7.11 Å². The molecule has 7 atom stereocenters. The summed E-state index contributed by atoms with van der Waals surface area (Å²) in [6, 6.07) is 4.87. The summed E-state index contributed by atoms with van der Waals surface area (Å²) in [5.74, 6) is 2.74. The molecule has 1 aromatic carbocycles. The predicted molar refractivity (Wildman–Crippen MR) is 154 cm³/mol. The van der Waals surface area contributed by atoms with Crippen molar-refractivity contribution in [3.63, 3.8) is 0 Å². The van der Waals surface area contributed by atoms with Gasteiger partial charge in [-0.3, -0.25) is 4.90 Å². The van der Waals surface area contributed by atoms with E-state index in [1.54, 1.807) is 6.92 Å². The van der Waals surface area contributed by atoms with Crippen LogP contribution in [0.4, 0.5) is 0 Å². The predicted octanol–water partition coefficient (Wildman–Crippen LogP) is 5.46. The van der Waals surface area contributed by atoms with Crippen LogP contribution in [-0.4, -0.2) is 65.9 Å². The summed E-state index contributed by atoms with van der Waals surface area (Å²) in [5, 5.41) is 12.4. The van der Waals surface area contributed by atoms with E-state index in [4.69, 9.17) is 14.2 Å². The van der Waals surface area contributed by atoms with Gasteiger partial charge in [0.2, 0.25) is 0 Å². The Morgan fingerprint density at radius 2 is 1.95 bits per heavy atom. The molecule has 8 rings (SSSR count). The van der Waals surface area contributed by atoms with Crippen molar-refractivity contribution in [3.05, 3.63) is 23.3 Å². The molecule has 0 unspecified atom stereocenters. The van der Waals surface area contributed by atoms with E-state index in [-0.39, 0.29) is 34.1 Å². The van der Waals surface area contributed by atoms with Gasteiger partial charge in [0.05, 0.1) is 12.2 Å². The van der Waals surface area contributed by atoms with Crippen LogP contribution in [0.25, 0.3) is 0 Å². The van der Waals surface area contributed by atoms with E-state index in [1.165, 1.54) is 30.5 Å². The molecule has 6 heteroatoms. The van der Waals surface area contributed by atoms with Crippen LogP contribution >= 0.6 is 0 Å². The van der Waals surface area contributed by atoms with Crippen LogP contribution in [0.1, 0.15) is 97.1 Å². The Balaban J connectivity index is 1.38. The third-order valence-electron chi connectivity index (χ3n) is 12.8. The van der Waals surface area contributed by atoms with Crippen LogP contribution in [-0.2, 0) is 21.4 Å². The number of Topliss-reactive ketones (excluding diaryl/α,β-unsaturated/α-hetero) is 1. The summed E-state index contributed by atoms with van der Waals surface area (Å²) in [6.45, 7) is 13.0. The van der Waals surface area contributed by atoms with Crippen molar-refractivity contribution in [1.29, 1.82) is 0 Å². The fourth-order valence-electron chi connectivity index (χ4n) is 10.2. The van der Waals surface area contributed by atoms with Gasteiger partial charge in [0.25, 0.3) is 0 Å². The van der Waals surface area contributed by atoms with E-state index in [9.17, 15) is 9.90 Å². The highest BCUT2D eigenvalue weighted by molar-refractivity contribution is 5.75. The summed E-state index contributed by atoms with van der Waals surface area (Å²) in [4.78, 5) is 14.4. The van der Waals surface area contributed by atoms with Crippen molar-refractivity contribution in [1.82, 2.24) is 4.90 Å². The molecule has 1 aromatic rings. The Morgan fingerprint density at radius 3 is 2.62 bits per heavy atom. The molecule has 0 radical (unpaired) electrons. The maximum atomic E-state index is 12.4. The van der Waals surface area contributed by atoms with Gasteiger partial charge >= 0.3 is 0 Å². The number of hydrogen-bond acceptors (Lipinski definition) is 6. The van der Waals surface area contributed by atoms with E-state index in [0.29, 0.717) is 25.5 Å². The van der Waals surface area contributed by atoms with Crippen LogP contribution in [0, 0.1) is 22.7 Å². The third-order valence-corrected chi connectivity index (χ3v) is 12.8. The number of carbonyl (C=O) groups excluding carboxylic acids is 1. The molecule has 220 valence electrons. The Labute approximate surface area is 240 Å². The number of nitrogens with zero attached hydrogens (tertiary/aromatic N) is 1. The molecule has 1 N–H and O–H groups in total. The van der Waals surface area contributed by atoms with Crippen LogP contribution in [0.5, 0.6) is 11.5 Å². The molecule has 5 aliphatic carbocycles. The number of fused-ring (bicyclic) bond motifs is 2. The maximum Gasteiger partial charge on any atom is 0.165 e. The molecule has 6 nitrogen and oxygen atoms in total. The van der Waals surface area contributed by atoms with Crippen molar-refractivity contribution in [2.45, 2.75) is 121 Å². The van der Waals surface area contributed by atoms with Gasteiger partial charge in [0.1, 0.15) is 17.5 Å². The van der Waals surface area contributed by atoms with Crippen molar-refractivity contribution in [2.24, 2.45) is 22.7 Å². The van der Waals surface area contributed by atoms with Gasteiger partial charge in [-0.2, -0.15) is 0 Å². The quantitative estimate of drug-likeness (QED) is 0.412. The summed E-state index contributed by atoms with van der Waals surface area (Å²) in [5.41, 5.74) is 0.930. The number of ether oxygens (including phenoxy) is 3. The van der Waals surface area contributed by atoms with E-state index >= 15 is 0 Å². The van der Waals surface area contributed by atoms with E-state index < -0.39 is 11.2 Å². The Kier molecular flexibility index (Phi) is 5.92. The first kappa shape index (κ1) is 27.2. The molecule has 0 amide bonds. The van der Waals surface area contributed by atoms with Gasteiger partial charge in [-0.05, 0) is 94.7 Å². The Morgan fingerprint density at radius 1 is 1.18 bits per heavy atom. The monoisotopic (exact) mass is 551 g/mol. The zero-order valence-corrected chi connectivity index (χ0v) is 25.5. The summed E-state index contributed by atoms with van der Waals surface area (Å²) in [7, 11) is 1.86. The van der Waals surface area contributed by atoms with Crippen LogP contribution in [0.2, 0.25) is 0 Å². The molecular weight excluding hydrogens is 502 g/mol. The minimum absolute atomic E-state index is 0.0314. The smallest absolute Gasteiger partial charge is 0.165 e. The molecule has 2 heterocycles. The minimum atomic E-state index is -0.919. The highest BCUT2D eigenvalue weighted by Gasteiger charge is 2.82. The minimum Gasteiger partial charge on any atom is -0.490 e. The first-order valence-corrected chi connectivity index (χ1v) is 15.9. The molecule has 4 bridgehead atoms. The summed E-state index contributed by atoms with van der Waals surface area (Å²) < 4.78 is 20.3. The molecule has 2 aliphatic heterocycles. The average Bonchev–Trinajstić information content (AvgIpc) is 3.64. The van der Waals surface area contributed by atoms with Crippen molar-refractivity contribution >= 4 is 5.78 Å². The lowest BCUT2D eigenvalue weighted by molar-refractivity contribution is -0.312. The second-order valence-corrected chi connectivity index (χ2v) is 15.4. The average molecular weight is 552 g/mol. The van der Waals surface area contributed by atoms with Gasteiger partial charge in [0, 0.05) is 48.4 Å². The van der Waals surface area contributed by atoms with Crippen molar-refractivity contribution in [3.8, 4) is 11.5 Å². The topological polar surface area (TPSA) is 68.2 Å². The second kappa shape index (κ2) is 8.70. The summed E-state index contributed by atoms with van der Waals surface area (Å²) in [6.07, 6.45) is 8.95. The Bertz CT molecular complexity index is 1220. The third kappa shape index (κ3) is 3.36. The number of ketones is 1. The molecule has 1 saturated heterocycles.